The van der Waals surface area contributed by atoms with Gasteiger partial charge in [0.1, 0.15) is 11.6 Å². The largest absolute Gasteiger partial charge is 0.465 e. The summed E-state index contributed by atoms with van der Waals surface area (Å²) >= 11 is 0. The van der Waals surface area contributed by atoms with E-state index in [1.807, 2.05) is 0 Å². The molecule has 5 nitrogen and oxygen atoms in total. The average molecular weight is 259 g/mol. The molecule has 1 amide bonds. The van der Waals surface area contributed by atoms with E-state index in [1.54, 1.807) is 41.4 Å². The van der Waals surface area contributed by atoms with E-state index in [-0.39, 0.29) is 5.91 Å². The highest BCUT2D eigenvalue weighted by molar-refractivity contribution is 6.01. The Balaban J connectivity index is 1.97. The zero-order chi connectivity index (χ0) is 13.7. The molecule has 2 aromatic heterocycles. The minimum Gasteiger partial charge on any atom is -0.465 e. The maximum absolute atomic E-state index is 11.8. The van der Waals surface area contributed by atoms with Crippen LogP contribution in [0.2, 0.25) is 0 Å². The zero-order valence-corrected chi connectivity index (χ0v) is 11.0. The molecular formula is C14H17N3O2. The van der Waals surface area contributed by atoms with Gasteiger partial charge in [-0.2, -0.15) is 5.10 Å². The molecule has 5 heteroatoms. The first-order valence-corrected chi connectivity index (χ1v) is 6.19. The van der Waals surface area contributed by atoms with Gasteiger partial charge >= 0.3 is 0 Å². The van der Waals surface area contributed by atoms with Crippen LogP contribution in [0.15, 0.2) is 41.2 Å². The van der Waals surface area contributed by atoms with Crippen molar-refractivity contribution in [2.45, 2.75) is 20.4 Å². The molecule has 0 saturated carbocycles. The maximum atomic E-state index is 11.8. The van der Waals surface area contributed by atoms with Crippen molar-refractivity contribution in [2.24, 2.45) is 5.92 Å². The number of hydrogen-bond acceptors (Lipinski definition) is 3. The van der Waals surface area contributed by atoms with E-state index < -0.39 is 0 Å². The molecule has 0 unspecified atom stereocenters. The van der Waals surface area contributed by atoms with Gasteiger partial charge in [0, 0.05) is 18.7 Å². The number of furan rings is 1. The number of carbonyl (C=O) groups excluding carboxylic acids is 1. The number of rotatable bonds is 5. The van der Waals surface area contributed by atoms with E-state index in [2.05, 4.69) is 24.3 Å². The molecule has 1 N–H and O–H groups in total. The zero-order valence-electron chi connectivity index (χ0n) is 11.0. The van der Waals surface area contributed by atoms with Gasteiger partial charge in [0.05, 0.1) is 12.5 Å². The minimum atomic E-state index is -0.207. The molecular weight excluding hydrogens is 242 g/mol. The fourth-order valence-electron chi connectivity index (χ4n) is 1.64. The number of anilines is 1. The molecule has 2 heterocycles. The molecule has 0 atom stereocenters. The molecule has 19 heavy (non-hydrogen) atoms. The summed E-state index contributed by atoms with van der Waals surface area (Å²) in [5.74, 6) is 1.60. The number of carbonyl (C=O) groups is 1. The summed E-state index contributed by atoms with van der Waals surface area (Å²) in [4.78, 5) is 11.8. The highest BCUT2D eigenvalue weighted by Gasteiger charge is 2.06. The molecule has 0 aliphatic heterocycles. The first-order valence-electron chi connectivity index (χ1n) is 6.19. The van der Waals surface area contributed by atoms with Gasteiger partial charge < -0.3 is 9.73 Å². The van der Waals surface area contributed by atoms with Crippen LogP contribution in [0, 0.1) is 5.92 Å². The maximum Gasteiger partial charge on any atom is 0.249 e. The fourth-order valence-corrected chi connectivity index (χ4v) is 1.64. The SMILES string of the molecule is CC(C)Cn1nccc1NC(=O)C=Cc1ccco1. The second-order valence-corrected chi connectivity index (χ2v) is 4.63. The first-order chi connectivity index (χ1) is 9.15. The number of amides is 1. The second kappa shape index (κ2) is 6.04. The van der Waals surface area contributed by atoms with E-state index in [0.29, 0.717) is 17.5 Å². The number of nitrogens with zero attached hydrogens (tertiary/aromatic N) is 2. The molecule has 0 radical (unpaired) electrons. The van der Waals surface area contributed by atoms with Crippen molar-refractivity contribution in [1.82, 2.24) is 9.78 Å². The van der Waals surface area contributed by atoms with Crippen LogP contribution in [0.5, 0.6) is 0 Å². The van der Waals surface area contributed by atoms with E-state index in [4.69, 9.17) is 4.42 Å². The Labute approximate surface area is 111 Å². The van der Waals surface area contributed by atoms with Gasteiger partial charge in [0.25, 0.3) is 0 Å². The number of aromatic nitrogens is 2. The monoisotopic (exact) mass is 259 g/mol. The molecule has 0 spiro atoms. The standard InChI is InChI=1S/C14H17N3O2/c1-11(2)10-17-13(7-8-15-17)16-14(18)6-5-12-4-3-9-19-12/h3-9,11H,10H2,1-2H3,(H,16,18). The Morgan fingerprint density at radius 2 is 2.37 bits per heavy atom. The lowest BCUT2D eigenvalue weighted by Gasteiger charge is -2.09. The lowest BCUT2D eigenvalue weighted by Crippen LogP contribution is -2.15. The van der Waals surface area contributed by atoms with Crippen molar-refractivity contribution in [2.75, 3.05) is 5.32 Å². The smallest absolute Gasteiger partial charge is 0.249 e. The molecule has 0 saturated heterocycles. The van der Waals surface area contributed by atoms with E-state index >= 15 is 0 Å². The Morgan fingerprint density at radius 1 is 1.53 bits per heavy atom. The van der Waals surface area contributed by atoms with Crippen LogP contribution in [0.1, 0.15) is 19.6 Å². The third-order valence-electron chi connectivity index (χ3n) is 2.45. The third kappa shape index (κ3) is 3.84. The van der Waals surface area contributed by atoms with E-state index in [9.17, 15) is 4.79 Å². The van der Waals surface area contributed by atoms with Gasteiger partial charge in [-0.3, -0.25) is 4.79 Å². The highest BCUT2D eigenvalue weighted by Crippen LogP contribution is 2.09. The predicted molar refractivity (Wildman–Crippen MR) is 73.4 cm³/mol. The molecule has 0 aliphatic carbocycles. The fraction of sp³-hybridized carbons (Fsp3) is 0.286. The Bertz CT molecular complexity index is 553. The van der Waals surface area contributed by atoms with Gasteiger partial charge in [-0.15, -0.1) is 0 Å². The summed E-state index contributed by atoms with van der Waals surface area (Å²) in [5, 5.41) is 6.97. The number of hydrogen-bond donors (Lipinski definition) is 1. The molecule has 0 bridgehead atoms. The lowest BCUT2D eigenvalue weighted by atomic mass is 10.2. The molecule has 2 rings (SSSR count). The van der Waals surface area contributed by atoms with E-state index in [1.165, 1.54) is 6.08 Å². The summed E-state index contributed by atoms with van der Waals surface area (Å²) in [6, 6.07) is 5.34. The summed E-state index contributed by atoms with van der Waals surface area (Å²) in [5.41, 5.74) is 0. The van der Waals surface area contributed by atoms with Crippen LogP contribution in [-0.2, 0) is 11.3 Å². The van der Waals surface area contributed by atoms with Gasteiger partial charge in [0.15, 0.2) is 0 Å². The van der Waals surface area contributed by atoms with Gasteiger partial charge in [-0.25, -0.2) is 4.68 Å². The number of nitrogens with one attached hydrogen (secondary N) is 1. The van der Waals surface area contributed by atoms with Crippen LogP contribution < -0.4 is 5.32 Å². The summed E-state index contributed by atoms with van der Waals surface area (Å²) in [6.45, 7) is 4.97. The molecule has 0 fully saturated rings. The van der Waals surface area contributed by atoms with Crippen molar-refractivity contribution in [3.05, 3.63) is 42.5 Å². The van der Waals surface area contributed by atoms with Crippen LogP contribution in [0.25, 0.3) is 6.08 Å². The minimum absolute atomic E-state index is 0.207. The molecule has 0 aliphatic rings. The van der Waals surface area contributed by atoms with Crippen molar-refractivity contribution >= 4 is 17.8 Å². The Hall–Kier alpha value is -2.30. The van der Waals surface area contributed by atoms with Gasteiger partial charge in [0.2, 0.25) is 5.91 Å². The molecule has 0 aromatic carbocycles. The third-order valence-corrected chi connectivity index (χ3v) is 2.45. The van der Waals surface area contributed by atoms with Crippen LogP contribution >= 0.6 is 0 Å². The van der Waals surface area contributed by atoms with Gasteiger partial charge in [-0.05, 0) is 24.1 Å². The van der Waals surface area contributed by atoms with Gasteiger partial charge in [-0.1, -0.05) is 13.8 Å². The van der Waals surface area contributed by atoms with Crippen LogP contribution in [0.3, 0.4) is 0 Å². The van der Waals surface area contributed by atoms with Crippen LogP contribution in [0.4, 0.5) is 5.82 Å². The average Bonchev–Trinajstić information content (AvgIpc) is 2.98. The van der Waals surface area contributed by atoms with Crippen molar-refractivity contribution in [3.63, 3.8) is 0 Å². The van der Waals surface area contributed by atoms with Crippen molar-refractivity contribution < 1.29 is 9.21 Å². The highest BCUT2D eigenvalue weighted by atomic mass is 16.3. The summed E-state index contributed by atoms with van der Waals surface area (Å²) in [7, 11) is 0. The second-order valence-electron chi connectivity index (χ2n) is 4.63. The first kappa shape index (κ1) is 13.1. The lowest BCUT2D eigenvalue weighted by molar-refractivity contribution is -0.111. The van der Waals surface area contributed by atoms with Crippen molar-refractivity contribution in [3.8, 4) is 0 Å². The van der Waals surface area contributed by atoms with Crippen molar-refractivity contribution in [1.29, 1.82) is 0 Å². The molecule has 100 valence electrons. The summed E-state index contributed by atoms with van der Waals surface area (Å²) in [6.07, 6.45) is 6.30. The normalized spacial score (nSPS) is 11.3. The Kier molecular flexibility index (Phi) is 4.18. The Morgan fingerprint density at radius 3 is 3.05 bits per heavy atom. The van der Waals surface area contributed by atoms with E-state index in [0.717, 1.165) is 6.54 Å². The van der Waals surface area contributed by atoms with Crippen LogP contribution in [-0.4, -0.2) is 15.7 Å². The quantitative estimate of drug-likeness (QED) is 0.840. The summed E-state index contributed by atoms with van der Waals surface area (Å²) < 4.78 is 6.89. The predicted octanol–water partition coefficient (Wildman–Crippen LogP) is 2.78. The topological polar surface area (TPSA) is 60.1 Å². The molecule has 2 aromatic rings.